The number of guanidine groups is 1. The molecule has 1 rings (SSSR count). The Balaban J connectivity index is 2.71. The van der Waals surface area contributed by atoms with Gasteiger partial charge >= 0.3 is 0 Å². The van der Waals surface area contributed by atoms with Crippen LogP contribution in [0.3, 0.4) is 0 Å². The van der Waals surface area contributed by atoms with E-state index < -0.39 is 0 Å². The Morgan fingerprint density at radius 3 is 2.61 bits per heavy atom. The van der Waals surface area contributed by atoms with E-state index in [2.05, 4.69) is 48.3 Å². The predicted octanol–water partition coefficient (Wildman–Crippen LogP) is 2.24. The van der Waals surface area contributed by atoms with E-state index in [1.807, 2.05) is 25.1 Å². The molecule has 0 saturated heterocycles. The fourth-order valence-electron chi connectivity index (χ4n) is 1.51. The third-order valence-corrected chi connectivity index (χ3v) is 2.18. The Hall–Kier alpha value is -1.58. The smallest absolute Gasteiger partial charge is 0.192 e. The number of aryl methyl sites for hydroxylation is 1. The zero-order chi connectivity index (χ0) is 13.6. The van der Waals surface area contributed by atoms with Gasteiger partial charge in [-0.05, 0) is 46.8 Å². The van der Waals surface area contributed by atoms with E-state index in [0.29, 0.717) is 6.54 Å². The molecule has 0 bridgehead atoms. The summed E-state index contributed by atoms with van der Waals surface area (Å²) in [6.45, 7) is 11.8. The Bertz CT molecular complexity index is 405. The summed E-state index contributed by atoms with van der Waals surface area (Å²) in [7, 11) is 0. The van der Waals surface area contributed by atoms with Gasteiger partial charge in [-0.3, -0.25) is 4.98 Å². The summed E-state index contributed by atoms with van der Waals surface area (Å²) in [5.41, 5.74) is 2.01. The Morgan fingerprint density at radius 1 is 1.33 bits per heavy atom. The van der Waals surface area contributed by atoms with Crippen molar-refractivity contribution in [3.63, 3.8) is 0 Å². The third kappa shape index (κ3) is 5.66. The van der Waals surface area contributed by atoms with Crippen LogP contribution < -0.4 is 10.6 Å². The number of aliphatic imine (C=N–C) groups is 1. The van der Waals surface area contributed by atoms with Gasteiger partial charge in [-0.1, -0.05) is 6.07 Å². The standard InChI is InChI=1S/C14H24N4/c1-6-15-13(18-14(3,4)5)16-10-12-9-7-8-11(2)17-12/h7-9H,6,10H2,1-5H3,(H2,15,16,18). The zero-order valence-electron chi connectivity index (χ0n) is 12.0. The van der Waals surface area contributed by atoms with Crippen LogP contribution in [0.1, 0.15) is 39.1 Å². The van der Waals surface area contributed by atoms with E-state index in [1.54, 1.807) is 0 Å². The summed E-state index contributed by atoms with van der Waals surface area (Å²) in [5.74, 6) is 0.827. The van der Waals surface area contributed by atoms with Crippen molar-refractivity contribution in [2.45, 2.75) is 46.7 Å². The van der Waals surface area contributed by atoms with Crippen LogP contribution in [-0.2, 0) is 6.54 Å². The van der Waals surface area contributed by atoms with Crippen molar-refractivity contribution in [1.82, 2.24) is 15.6 Å². The molecule has 0 aliphatic rings. The van der Waals surface area contributed by atoms with E-state index >= 15 is 0 Å². The molecule has 1 heterocycles. The number of aromatic nitrogens is 1. The van der Waals surface area contributed by atoms with Crippen molar-refractivity contribution in [1.29, 1.82) is 0 Å². The topological polar surface area (TPSA) is 49.3 Å². The van der Waals surface area contributed by atoms with Crippen LogP contribution >= 0.6 is 0 Å². The van der Waals surface area contributed by atoms with Crippen LogP contribution in [0.5, 0.6) is 0 Å². The lowest BCUT2D eigenvalue weighted by Crippen LogP contribution is -2.47. The molecule has 0 radical (unpaired) electrons. The largest absolute Gasteiger partial charge is 0.357 e. The molecule has 0 amide bonds. The van der Waals surface area contributed by atoms with Gasteiger partial charge in [-0.25, -0.2) is 4.99 Å². The van der Waals surface area contributed by atoms with Crippen LogP contribution in [0.25, 0.3) is 0 Å². The van der Waals surface area contributed by atoms with Gasteiger partial charge in [0, 0.05) is 17.8 Å². The number of nitrogens with one attached hydrogen (secondary N) is 2. The maximum absolute atomic E-state index is 4.54. The Morgan fingerprint density at radius 2 is 2.06 bits per heavy atom. The third-order valence-electron chi connectivity index (χ3n) is 2.18. The monoisotopic (exact) mass is 248 g/mol. The molecule has 0 atom stereocenters. The first kappa shape index (κ1) is 14.5. The Labute approximate surface area is 110 Å². The van der Waals surface area contributed by atoms with E-state index in [1.165, 1.54) is 0 Å². The molecule has 0 aliphatic heterocycles. The molecule has 0 aliphatic carbocycles. The van der Waals surface area contributed by atoms with Crippen LogP contribution in [0, 0.1) is 6.92 Å². The van der Waals surface area contributed by atoms with Gasteiger partial charge in [-0.15, -0.1) is 0 Å². The minimum atomic E-state index is 0.00103. The maximum atomic E-state index is 4.54. The lowest BCUT2D eigenvalue weighted by molar-refractivity contribution is 0.501. The molecule has 0 spiro atoms. The van der Waals surface area contributed by atoms with Gasteiger partial charge in [0.15, 0.2) is 5.96 Å². The van der Waals surface area contributed by atoms with Crippen molar-refractivity contribution in [3.05, 3.63) is 29.6 Å². The first-order chi connectivity index (χ1) is 8.40. The molecular weight excluding hydrogens is 224 g/mol. The van der Waals surface area contributed by atoms with Crippen molar-refractivity contribution in [3.8, 4) is 0 Å². The highest BCUT2D eigenvalue weighted by atomic mass is 15.2. The highest BCUT2D eigenvalue weighted by Crippen LogP contribution is 2.01. The predicted molar refractivity (Wildman–Crippen MR) is 76.7 cm³/mol. The Kier molecular flexibility index (Phi) is 5.13. The second kappa shape index (κ2) is 6.38. The van der Waals surface area contributed by atoms with Gasteiger partial charge < -0.3 is 10.6 Å². The summed E-state index contributed by atoms with van der Waals surface area (Å²) < 4.78 is 0. The van der Waals surface area contributed by atoms with Gasteiger partial charge in [0.2, 0.25) is 0 Å². The van der Waals surface area contributed by atoms with Crippen molar-refractivity contribution in [2.24, 2.45) is 4.99 Å². The van der Waals surface area contributed by atoms with Crippen molar-refractivity contribution < 1.29 is 0 Å². The highest BCUT2D eigenvalue weighted by molar-refractivity contribution is 5.80. The quantitative estimate of drug-likeness (QED) is 0.637. The number of hydrogen-bond acceptors (Lipinski definition) is 2. The molecule has 0 saturated carbocycles. The molecule has 4 heteroatoms. The molecular formula is C14H24N4. The average Bonchev–Trinajstić information content (AvgIpc) is 2.24. The number of nitrogens with zero attached hydrogens (tertiary/aromatic N) is 2. The fourth-order valence-corrected chi connectivity index (χ4v) is 1.51. The highest BCUT2D eigenvalue weighted by Gasteiger charge is 2.11. The van der Waals surface area contributed by atoms with Crippen molar-refractivity contribution in [2.75, 3.05) is 6.54 Å². The van der Waals surface area contributed by atoms with Gasteiger partial charge in [0.1, 0.15) is 0 Å². The van der Waals surface area contributed by atoms with Crippen LogP contribution in [0.15, 0.2) is 23.2 Å². The molecule has 100 valence electrons. The summed E-state index contributed by atoms with van der Waals surface area (Å²) in [4.78, 5) is 8.98. The summed E-state index contributed by atoms with van der Waals surface area (Å²) in [6.07, 6.45) is 0. The second-order valence-electron chi connectivity index (χ2n) is 5.34. The number of pyridine rings is 1. The summed E-state index contributed by atoms with van der Waals surface area (Å²) >= 11 is 0. The van der Waals surface area contributed by atoms with Crippen LogP contribution in [0.2, 0.25) is 0 Å². The molecule has 18 heavy (non-hydrogen) atoms. The SMILES string of the molecule is CCNC(=NCc1cccc(C)n1)NC(C)(C)C. The molecule has 4 nitrogen and oxygen atoms in total. The van der Waals surface area contributed by atoms with Gasteiger partial charge in [-0.2, -0.15) is 0 Å². The van der Waals surface area contributed by atoms with E-state index in [4.69, 9.17) is 0 Å². The average molecular weight is 248 g/mol. The fraction of sp³-hybridized carbons (Fsp3) is 0.571. The molecule has 0 fully saturated rings. The molecule has 1 aromatic heterocycles. The first-order valence-electron chi connectivity index (χ1n) is 6.40. The van der Waals surface area contributed by atoms with Crippen molar-refractivity contribution >= 4 is 5.96 Å². The van der Waals surface area contributed by atoms with Gasteiger partial charge in [0.25, 0.3) is 0 Å². The first-order valence-corrected chi connectivity index (χ1v) is 6.40. The zero-order valence-corrected chi connectivity index (χ0v) is 12.0. The van der Waals surface area contributed by atoms with Gasteiger partial charge in [0.05, 0.1) is 12.2 Å². The minimum Gasteiger partial charge on any atom is -0.357 e. The van der Waals surface area contributed by atoms with E-state index in [-0.39, 0.29) is 5.54 Å². The normalized spacial score (nSPS) is 12.4. The molecule has 1 aromatic rings. The number of rotatable bonds is 3. The van der Waals surface area contributed by atoms with E-state index in [9.17, 15) is 0 Å². The maximum Gasteiger partial charge on any atom is 0.192 e. The van der Waals surface area contributed by atoms with Crippen LogP contribution in [-0.4, -0.2) is 23.0 Å². The second-order valence-corrected chi connectivity index (χ2v) is 5.34. The summed E-state index contributed by atoms with van der Waals surface area (Å²) in [6, 6.07) is 6.00. The molecule has 0 aromatic carbocycles. The molecule has 2 N–H and O–H groups in total. The number of hydrogen-bond donors (Lipinski definition) is 2. The minimum absolute atomic E-state index is 0.00103. The lowest BCUT2D eigenvalue weighted by atomic mass is 10.1. The lowest BCUT2D eigenvalue weighted by Gasteiger charge is -2.23. The molecule has 0 unspecified atom stereocenters. The summed E-state index contributed by atoms with van der Waals surface area (Å²) in [5, 5.41) is 6.59. The van der Waals surface area contributed by atoms with Crippen LogP contribution in [0.4, 0.5) is 0 Å². The van der Waals surface area contributed by atoms with E-state index in [0.717, 1.165) is 23.9 Å².